The van der Waals surface area contributed by atoms with Crippen molar-refractivity contribution in [1.82, 2.24) is 29.2 Å². The number of aryl methyl sites for hydroxylation is 1. The van der Waals surface area contributed by atoms with Crippen LogP contribution in [0.2, 0.25) is 0 Å². The minimum Gasteiger partial charge on any atom is -0.348 e. The van der Waals surface area contributed by atoms with Crippen LogP contribution >= 0.6 is 11.3 Å². The van der Waals surface area contributed by atoms with Crippen LogP contribution in [0.5, 0.6) is 0 Å². The Bertz CT molecular complexity index is 1350. The molecule has 5 rings (SSSR count). The molecule has 0 radical (unpaired) electrons. The third kappa shape index (κ3) is 3.97. The fourth-order valence-corrected chi connectivity index (χ4v) is 4.16. The second kappa shape index (κ2) is 8.16. The van der Waals surface area contributed by atoms with Crippen LogP contribution in [-0.4, -0.2) is 29.8 Å². The largest absolute Gasteiger partial charge is 0.348 e. The number of rotatable bonds is 6. The number of hydrogen-bond acceptors (Lipinski definition) is 5. The molecule has 154 valence electrons. The molecule has 0 unspecified atom stereocenters. The predicted octanol–water partition coefficient (Wildman–Crippen LogP) is 3.94. The van der Waals surface area contributed by atoms with Gasteiger partial charge >= 0.3 is 0 Å². The standard InChI is InChI=1S/C23H20N6OS/c1-16-27-18(14-31-16)12-28-13-20(26-15-28)22-9-19(21-6-2-3-8-29(21)22)23(30)25-11-17-5-4-7-24-10-17/h2-10,13-15H,11-12H2,1H3,(H,25,30). The molecule has 0 saturated heterocycles. The summed E-state index contributed by atoms with van der Waals surface area (Å²) in [5, 5.41) is 6.10. The van der Waals surface area contributed by atoms with Crippen molar-refractivity contribution in [1.29, 1.82) is 0 Å². The number of aromatic nitrogens is 5. The van der Waals surface area contributed by atoms with Crippen molar-refractivity contribution in [2.45, 2.75) is 20.0 Å². The number of pyridine rings is 2. The summed E-state index contributed by atoms with van der Waals surface area (Å²) < 4.78 is 4.01. The van der Waals surface area contributed by atoms with Gasteiger partial charge in [-0.15, -0.1) is 11.3 Å². The van der Waals surface area contributed by atoms with E-state index in [9.17, 15) is 4.79 Å². The van der Waals surface area contributed by atoms with Crippen molar-refractivity contribution in [2.24, 2.45) is 0 Å². The number of nitrogens with zero attached hydrogens (tertiary/aromatic N) is 5. The van der Waals surface area contributed by atoms with E-state index in [2.05, 4.69) is 25.6 Å². The summed E-state index contributed by atoms with van der Waals surface area (Å²) in [6.07, 6.45) is 9.20. The lowest BCUT2D eigenvalue weighted by Gasteiger charge is -2.04. The topological polar surface area (TPSA) is 77.1 Å². The van der Waals surface area contributed by atoms with E-state index in [1.165, 1.54) is 0 Å². The van der Waals surface area contributed by atoms with Crippen LogP contribution in [0, 0.1) is 6.92 Å². The highest BCUT2D eigenvalue weighted by molar-refractivity contribution is 7.09. The molecule has 0 atom stereocenters. The Morgan fingerprint density at radius 2 is 2.16 bits per heavy atom. The van der Waals surface area contributed by atoms with Crippen molar-refractivity contribution >= 4 is 22.8 Å². The Morgan fingerprint density at radius 1 is 1.23 bits per heavy atom. The summed E-state index contributed by atoms with van der Waals surface area (Å²) in [4.78, 5) is 26.1. The van der Waals surface area contributed by atoms with Gasteiger partial charge in [-0.1, -0.05) is 12.1 Å². The number of thiazole rings is 1. The number of imidazole rings is 1. The van der Waals surface area contributed by atoms with Crippen molar-refractivity contribution in [3.05, 3.63) is 94.7 Å². The first-order valence-corrected chi connectivity index (χ1v) is 10.8. The average molecular weight is 429 g/mol. The Morgan fingerprint density at radius 3 is 2.97 bits per heavy atom. The van der Waals surface area contributed by atoms with E-state index in [1.807, 2.05) is 64.7 Å². The Labute approximate surface area is 183 Å². The second-order valence-electron chi connectivity index (χ2n) is 7.23. The summed E-state index contributed by atoms with van der Waals surface area (Å²) in [5.74, 6) is -0.129. The lowest BCUT2D eigenvalue weighted by Crippen LogP contribution is -2.22. The van der Waals surface area contributed by atoms with E-state index in [-0.39, 0.29) is 5.91 Å². The highest BCUT2D eigenvalue weighted by atomic mass is 32.1. The van der Waals surface area contributed by atoms with Crippen LogP contribution in [-0.2, 0) is 13.1 Å². The number of fused-ring (bicyclic) bond motifs is 1. The SMILES string of the molecule is Cc1nc(Cn2cnc(-c3cc(C(=O)NCc4cccnc4)c4ccccn34)c2)cs1. The third-order valence-corrected chi connectivity index (χ3v) is 5.83. The molecule has 5 aromatic heterocycles. The van der Waals surface area contributed by atoms with E-state index in [4.69, 9.17) is 0 Å². The van der Waals surface area contributed by atoms with Gasteiger partial charge in [-0.3, -0.25) is 9.78 Å². The zero-order valence-corrected chi connectivity index (χ0v) is 17.7. The molecule has 0 fully saturated rings. The molecule has 5 heterocycles. The average Bonchev–Trinajstić information content (AvgIpc) is 3.51. The number of hydrogen-bond donors (Lipinski definition) is 1. The van der Waals surface area contributed by atoms with Crippen LogP contribution in [0.15, 0.2) is 72.9 Å². The number of carbonyl (C=O) groups excluding carboxylic acids is 1. The minimum atomic E-state index is -0.129. The Kier molecular flexibility index (Phi) is 5.05. The van der Waals surface area contributed by atoms with Gasteiger partial charge in [-0.25, -0.2) is 9.97 Å². The molecular weight excluding hydrogens is 408 g/mol. The normalized spacial score (nSPS) is 11.1. The molecule has 0 aliphatic carbocycles. The summed E-state index contributed by atoms with van der Waals surface area (Å²) in [7, 11) is 0. The number of nitrogens with one attached hydrogen (secondary N) is 1. The monoisotopic (exact) mass is 428 g/mol. The molecule has 0 bridgehead atoms. The Hall–Kier alpha value is -3.78. The maximum absolute atomic E-state index is 12.9. The first-order chi connectivity index (χ1) is 15.2. The van der Waals surface area contributed by atoms with Crippen LogP contribution in [0.4, 0.5) is 0 Å². The van der Waals surface area contributed by atoms with Crippen molar-refractivity contribution < 1.29 is 4.79 Å². The summed E-state index contributed by atoms with van der Waals surface area (Å²) in [6.45, 7) is 3.09. The van der Waals surface area contributed by atoms with Gasteiger partial charge in [0.05, 0.1) is 40.3 Å². The molecule has 0 aliphatic rings. The molecule has 5 aromatic rings. The summed E-state index contributed by atoms with van der Waals surface area (Å²) in [5.41, 5.74) is 5.10. The van der Waals surface area contributed by atoms with Crippen LogP contribution in [0.25, 0.3) is 16.9 Å². The van der Waals surface area contributed by atoms with E-state index in [1.54, 1.807) is 30.1 Å². The first-order valence-electron chi connectivity index (χ1n) is 9.88. The van der Waals surface area contributed by atoms with Gasteiger partial charge < -0.3 is 14.3 Å². The second-order valence-corrected chi connectivity index (χ2v) is 8.29. The van der Waals surface area contributed by atoms with Crippen molar-refractivity contribution in [3.63, 3.8) is 0 Å². The fraction of sp³-hybridized carbons (Fsp3) is 0.130. The lowest BCUT2D eigenvalue weighted by molar-refractivity contribution is 0.0952. The highest BCUT2D eigenvalue weighted by Gasteiger charge is 2.17. The molecule has 8 heteroatoms. The molecule has 0 spiro atoms. The third-order valence-electron chi connectivity index (χ3n) is 5.00. The maximum atomic E-state index is 12.9. The van der Waals surface area contributed by atoms with E-state index in [0.29, 0.717) is 18.7 Å². The molecule has 0 aromatic carbocycles. The summed E-state index contributed by atoms with van der Waals surface area (Å²) in [6, 6.07) is 11.5. The van der Waals surface area contributed by atoms with E-state index < -0.39 is 0 Å². The predicted molar refractivity (Wildman–Crippen MR) is 120 cm³/mol. The lowest BCUT2D eigenvalue weighted by atomic mass is 10.2. The molecule has 31 heavy (non-hydrogen) atoms. The van der Waals surface area contributed by atoms with Gasteiger partial charge in [-0.05, 0) is 36.8 Å². The molecule has 1 N–H and O–H groups in total. The van der Waals surface area contributed by atoms with Gasteiger partial charge in [0.1, 0.15) is 5.69 Å². The van der Waals surface area contributed by atoms with Crippen LogP contribution in [0.1, 0.15) is 26.6 Å². The van der Waals surface area contributed by atoms with Gasteiger partial charge in [0.15, 0.2) is 0 Å². The maximum Gasteiger partial charge on any atom is 0.253 e. The quantitative estimate of drug-likeness (QED) is 0.444. The molecule has 0 aliphatic heterocycles. The van der Waals surface area contributed by atoms with Gasteiger partial charge in [0, 0.05) is 36.7 Å². The molecule has 7 nitrogen and oxygen atoms in total. The molecule has 0 saturated carbocycles. The van der Waals surface area contributed by atoms with Crippen molar-refractivity contribution in [2.75, 3.05) is 0 Å². The first kappa shape index (κ1) is 19.2. The zero-order chi connectivity index (χ0) is 21.2. The minimum absolute atomic E-state index is 0.129. The zero-order valence-electron chi connectivity index (χ0n) is 16.9. The van der Waals surface area contributed by atoms with E-state index >= 15 is 0 Å². The molecule has 1 amide bonds. The highest BCUT2D eigenvalue weighted by Crippen LogP contribution is 2.25. The van der Waals surface area contributed by atoms with Crippen LogP contribution in [0.3, 0.4) is 0 Å². The van der Waals surface area contributed by atoms with E-state index in [0.717, 1.165) is 33.2 Å². The van der Waals surface area contributed by atoms with Crippen LogP contribution < -0.4 is 5.32 Å². The van der Waals surface area contributed by atoms with Gasteiger partial charge in [0.25, 0.3) is 5.91 Å². The number of carbonyl (C=O) groups is 1. The summed E-state index contributed by atoms with van der Waals surface area (Å²) >= 11 is 1.64. The smallest absolute Gasteiger partial charge is 0.253 e. The fourth-order valence-electron chi connectivity index (χ4n) is 3.56. The van der Waals surface area contributed by atoms with Crippen molar-refractivity contribution in [3.8, 4) is 11.4 Å². The van der Waals surface area contributed by atoms with Gasteiger partial charge in [0.2, 0.25) is 0 Å². The Balaban J connectivity index is 1.43. The number of amides is 1. The molecular formula is C23H20N6OS. The van der Waals surface area contributed by atoms with Gasteiger partial charge in [-0.2, -0.15) is 0 Å².